The van der Waals surface area contributed by atoms with Crippen LogP contribution in [0.15, 0.2) is 29.3 Å². The molecule has 0 aliphatic carbocycles. The molecule has 0 amide bonds. The second-order valence-corrected chi connectivity index (χ2v) is 4.65. The number of halogens is 4. The molecule has 1 aromatic carbocycles. The molecule has 4 nitrogen and oxygen atoms in total. The number of nitrogens with one attached hydrogen (secondary N) is 2. The number of benzene rings is 1. The lowest BCUT2D eigenvalue weighted by molar-refractivity contribution is -0.132. The van der Waals surface area contributed by atoms with Crippen molar-refractivity contribution >= 4 is 29.9 Å². The van der Waals surface area contributed by atoms with Gasteiger partial charge >= 0.3 is 6.18 Å². The highest BCUT2D eigenvalue weighted by Gasteiger charge is 2.26. The Bertz CT molecular complexity index is 464. The van der Waals surface area contributed by atoms with E-state index >= 15 is 0 Å². The number of methoxy groups -OCH3 is 1. The first-order valence-corrected chi connectivity index (χ1v) is 7.16. The molecule has 23 heavy (non-hydrogen) atoms. The average Bonchev–Trinajstić information content (AvgIpc) is 2.46. The van der Waals surface area contributed by atoms with Gasteiger partial charge in [-0.2, -0.15) is 13.2 Å². The highest BCUT2D eigenvalue weighted by molar-refractivity contribution is 14.0. The molecule has 0 spiro atoms. The second-order valence-electron chi connectivity index (χ2n) is 4.65. The molecule has 132 valence electrons. The van der Waals surface area contributed by atoms with Gasteiger partial charge in [0.15, 0.2) is 5.96 Å². The van der Waals surface area contributed by atoms with E-state index < -0.39 is 12.6 Å². The molecule has 0 saturated carbocycles. The highest BCUT2D eigenvalue weighted by atomic mass is 127. The third kappa shape index (κ3) is 10.2. The topological polar surface area (TPSA) is 45.7 Å². The van der Waals surface area contributed by atoms with Crippen LogP contribution in [0.4, 0.5) is 13.2 Å². The Kier molecular flexibility index (Phi) is 10.8. The van der Waals surface area contributed by atoms with Crippen LogP contribution in [-0.2, 0) is 6.42 Å². The van der Waals surface area contributed by atoms with Gasteiger partial charge in [-0.25, -0.2) is 0 Å². The largest absolute Gasteiger partial charge is 0.497 e. The molecule has 0 fully saturated rings. The Morgan fingerprint density at radius 1 is 1.17 bits per heavy atom. The smallest absolute Gasteiger partial charge is 0.390 e. The molecule has 0 radical (unpaired) electrons. The normalized spacial score (nSPS) is 11.6. The number of nitrogens with zero attached hydrogens (tertiary/aromatic N) is 1. The van der Waals surface area contributed by atoms with Gasteiger partial charge < -0.3 is 15.4 Å². The summed E-state index contributed by atoms with van der Waals surface area (Å²) in [5, 5.41) is 5.95. The molecule has 0 heterocycles. The predicted molar refractivity (Wildman–Crippen MR) is 96.8 cm³/mol. The van der Waals surface area contributed by atoms with Crippen LogP contribution < -0.4 is 15.4 Å². The molecule has 0 bridgehead atoms. The maximum absolute atomic E-state index is 12.1. The zero-order chi connectivity index (χ0) is 16.4. The summed E-state index contributed by atoms with van der Waals surface area (Å²) < 4.78 is 41.4. The van der Waals surface area contributed by atoms with Gasteiger partial charge in [0.25, 0.3) is 0 Å². The van der Waals surface area contributed by atoms with E-state index in [1.54, 1.807) is 7.11 Å². The van der Waals surface area contributed by atoms with Gasteiger partial charge in [-0.15, -0.1) is 24.0 Å². The fraction of sp³-hybridized carbons (Fsp3) is 0.533. The van der Waals surface area contributed by atoms with Gasteiger partial charge in [-0.3, -0.25) is 4.99 Å². The Morgan fingerprint density at radius 3 is 2.35 bits per heavy atom. The van der Waals surface area contributed by atoms with E-state index in [-0.39, 0.29) is 30.5 Å². The van der Waals surface area contributed by atoms with E-state index in [4.69, 9.17) is 4.74 Å². The minimum absolute atomic E-state index is 0. The maximum atomic E-state index is 12.1. The fourth-order valence-corrected chi connectivity index (χ4v) is 1.75. The number of aliphatic imine (C=N–C) groups is 1. The van der Waals surface area contributed by atoms with Crippen LogP contribution in [0.5, 0.6) is 5.75 Å². The third-order valence-electron chi connectivity index (χ3n) is 2.87. The molecular weight excluding hydrogens is 422 g/mol. The lowest BCUT2D eigenvalue weighted by atomic mass is 10.1. The monoisotopic (exact) mass is 445 g/mol. The van der Waals surface area contributed by atoms with E-state index in [9.17, 15) is 13.2 Å². The molecular formula is C15H23F3IN3O. The van der Waals surface area contributed by atoms with E-state index in [1.807, 2.05) is 31.2 Å². The van der Waals surface area contributed by atoms with Crippen LogP contribution in [0.1, 0.15) is 18.9 Å². The Labute approximate surface area is 151 Å². The maximum Gasteiger partial charge on any atom is 0.390 e. The van der Waals surface area contributed by atoms with Crippen molar-refractivity contribution in [3.63, 3.8) is 0 Å². The number of rotatable bonds is 7. The summed E-state index contributed by atoms with van der Waals surface area (Å²) >= 11 is 0. The second kappa shape index (κ2) is 11.4. The van der Waals surface area contributed by atoms with Gasteiger partial charge in [0.1, 0.15) is 5.75 Å². The third-order valence-corrected chi connectivity index (χ3v) is 2.87. The summed E-state index contributed by atoms with van der Waals surface area (Å²) in [5.74, 6) is 1.19. The Morgan fingerprint density at radius 2 is 1.83 bits per heavy atom. The SMILES string of the molecule is CCNC(=NCCC(F)(F)F)NCCc1ccc(OC)cc1.I. The number of guanidine groups is 1. The summed E-state index contributed by atoms with van der Waals surface area (Å²) in [6.45, 7) is 2.77. The van der Waals surface area contributed by atoms with Crippen LogP contribution in [0.25, 0.3) is 0 Å². The standard InChI is InChI=1S/C15H22F3N3O.HI/c1-3-19-14(21-11-9-15(16,17)18)20-10-8-12-4-6-13(22-2)7-5-12;/h4-7H,3,8-11H2,1-2H3,(H2,19,20,21);1H. The van der Waals surface area contributed by atoms with Crippen molar-refractivity contribution < 1.29 is 17.9 Å². The summed E-state index contributed by atoms with van der Waals surface area (Å²) in [6.07, 6.45) is -4.35. The van der Waals surface area contributed by atoms with Gasteiger partial charge in [-0.1, -0.05) is 12.1 Å². The van der Waals surface area contributed by atoms with Crippen LogP contribution in [0.2, 0.25) is 0 Å². The average molecular weight is 445 g/mol. The van der Waals surface area contributed by atoms with Crippen LogP contribution in [0.3, 0.4) is 0 Å². The van der Waals surface area contributed by atoms with Crippen molar-refractivity contribution in [2.75, 3.05) is 26.7 Å². The number of hydrogen-bond acceptors (Lipinski definition) is 2. The zero-order valence-electron chi connectivity index (χ0n) is 13.2. The van der Waals surface area contributed by atoms with E-state index in [1.165, 1.54) is 0 Å². The molecule has 0 aliphatic heterocycles. The first kappa shape index (κ1) is 21.8. The van der Waals surface area contributed by atoms with Crippen LogP contribution in [-0.4, -0.2) is 38.9 Å². The first-order valence-electron chi connectivity index (χ1n) is 7.16. The number of ether oxygens (including phenoxy) is 1. The van der Waals surface area contributed by atoms with Crippen molar-refractivity contribution in [1.82, 2.24) is 10.6 Å². The summed E-state index contributed by atoms with van der Waals surface area (Å²) in [7, 11) is 1.61. The van der Waals surface area contributed by atoms with Crippen molar-refractivity contribution in [2.24, 2.45) is 4.99 Å². The number of hydrogen-bond donors (Lipinski definition) is 2. The van der Waals surface area contributed by atoms with E-state index in [2.05, 4.69) is 15.6 Å². The lowest BCUT2D eigenvalue weighted by Gasteiger charge is -2.12. The molecule has 0 atom stereocenters. The Hall–Kier alpha value is -1.19. The summed E-state index contributed by atoms with van der Waals surface area (Å²) in [4.78, 5) is 3.91. The van der Waals surface area contributed by atoms with Gasteiger partial charge in [-0.05, 0) is 31.0 Å². The molecule has 1 aromatic rings. The molecule has 8 heteroatoms. The van der Waals surface area contributed by atoms with Crippen LogP contribution >= 0.6 is 24.0 Å². The van der Waals surface area contributed by atoms with Gasteiger partial charge in [0.05, 0.1) is 20.1 Å². The molecule has 0 unspecified atom stereocenters. The van der Waals surface area contributed by atoms with Crippen molar-refractivity contribution in [3.8, 4) is 5.75 Å². The van der Waals surface area contributed by atoms with Crippen molar-refractivity contribution in [3.05, 3.63) is 29.8 Å². The van der Waals surface area contributed by atoms with Crippen molar-refractivity contribution in [2.45, 2.75) is 25.9 Å². The lowest BCUT2D eigenvalue weighted by Crippen LogP contribution is -2.38. The van der Waals surface area contributed by atoms with E-state index in [0.717, 1.165) is 17.7 Å². The summed E-state index contributed by atoms with van der Waals surface area (Å²) in [6, 6.07) is 7.65. The molecule has 2 N–H and O–H groups in total. The summed E-state index contributed by atoms with van der Waals surface area (Å²) in [5.41, 5.74) is 1.11. The number of alkyl halides is 3. The fourth-order valence-electron chi connectivity index (χ4n) is 1.75. The Balaban J connectivity index is 0.00000484. The molecule has 0 aromatic heterocycles. The minimum atomic E-state index is -4.18. The highest BCUT2D eigenvalue weighted by Crippen LogP contribution is 2.18. The first-order chi connectivity index (χ1) is 10.4. The van der Waals surface area contributed by atoms with Gasteiger partial charge in [0, 0.05) is 13.1 Å². The van der Waals surface area contributed by atoms with Gasteiger partial charge in [0.2, 0.25) is 0 Å². The molecule has 0 aliphatic rings. The zero-order valence-corrected chi connectivity index (χ0v) is 15.6. The predicted octanol–water partition coefficient (Wildman–Crippen LogP) is 3.36. The molecule has 0 saturated heterocycles. The minimum Gasteiger partial charge on any atom is -0.497 e. The van der Waals surface area contributed by atoms with E-state index in [0.29, 0.717) is 19.0 Å². The van der Waals surface area contributed by atoms with Crippen LogP contribution in [0, 0.1) is 0 Å². The molecule has 1 rings (SSSR count). The quantitative estimate of drug-likeness (QED) is 0.385. The van der Waals surface area contributed by atoms with Crippen molar-refractivity contribution in [1.29, 1.82) is 0 Å².